The lowest BCUT2D eigenvalue weighted by atomic mass is 10.1. The highest BCUT2D eigenvalue weighted by Crippen LogP contribution is 2.15. The molecule has 0 radical (unpaired) electrons. The van der Waals surface area contributed by atoms with Crippen LogP contribution in [0.3, 0.4) is 0 Å². The third-order valence-electron chi connectivity index (χ3n) is 2.35. The van der Waals surface area contributed by atoms with Gasteiger partial charge in [0, 0.05) is 0 Å². The summed E-state index contributed by atoms with van der Waals surface area (Å²) >= 11 is 0. The predicted molar refractivity (Wildman–Crippen MR) is 80.1 cm³/mol. The van der Waals surface area contributed by atoms with E-state index >= 15 is 0 Å². The van der Waals surface area contributed by atoms with E-state index < -0.39 is 21.8 Å². The fraction of sp³-hybridized carbons (Fsp3) is 0.500. The van der Waals surface area contributed by atoms with E-state index in [1.807, 2.05) is 0 Å². The van der Waals surface area contributed by atoms with Gasteiger partial charge in [-0.1, -0.05) is 24.3 Å². The lowest BCUT2D eigenvalue weighted by molar-refractivity contribution is -0.0733. The molecule has 0 saturated carbocycles. The number of ether oxygens (including phenoxy) is 1. The van der Waals surface area contributed by atoms with Crippen LogP contribution in [0, 0.1) is 0 Å². The number of aliphatic hydroxyl groups excluding tert-OH is 1. The van der Waals surface area contributed by atoms with Gasteiger partial charge in [0.2, 0.25) is 0 Å². The third kappa shape index (κ3) is 6.88. The first-order chi connectivity index (χ1) is 10.00. The molecule has 0 fully saturated rings. The van der Waals surface area contributed by atoms with Gasteiger partial charge in [0.15, 0.2) is 0 Å². The van der Waals surface area contributed by atoms with Gasteiger partial charge in [-0.2, -0.15) is 13.5 Å². The zero-order valence-electron chi connectivity index (χ0n) is 13.1. The van der Waals surface area contributed by atoms with Crippen molar-refractivity contribution in [1.82, 2.24) is 5.06 Å². The Morgan fingerprint density at radius 3 is 2.09 bits per heavy atom. The Hall–Kier alpha value is -1.64. The normalized spacial score (nSPS) is 12.0. The summed E-state index contributed by atoms with van der Waals surface area (Å²) in [6.07, 6.45) is -0.0525. The highest BCUT2D eigenvalue weighted by Gasteiger charge is 2.26. The van der Waals surface area contributed by atoms with Gasteiger partial charge < -0.3 is 9.84 Å². The first kappa shape index (κ1) is 18.4. The SMILES string of the molecule is CC(C)(C)OC(=O)N(Cc1ccc(CO)cc1)OS(C)(=O)=O. The summed E-state index contributed by atoms with van der Waals surface area (Å²) < 4.78 is 32.4. The molecule has 0 spiro atoms. The number of nitrogens with zero attached hydrogens (tertiary/aromatic N) is 1. The minimum atomic E-state index is -3.87. The minimum Gasteiger partial charge on any atom is -0.442 e. The van der Waals surface area contributed by atoms with Crippen molar-refractivity contribution in [2.45, 2.75) is 39.5 Å². The van der Waals surface area contributed by atoms with Crippen LogP contribution in [0.4, 0.5) is 4.79 Å². The number of hydroxylamine groups is 2. The van der Waals surface area contributed by atoms with Crippen molar-refractivity contribution in [1.29, 1.82) is 0 Å². The largest absolute Gasteiger partial charge is 0.442 e. The summed E-state index contributed by atoms with van der Waals surface area (Å²) in [7, 11) is -3.87. The monoisotopic (exact) mass is 331 g/mol. The lowest BCUT2D eigenvalue weighted by Crippen LogP contribution is -2.37. The third-order valence-corrected chi connectivity index (χ3v) is 2.80. The van der Waals surface area contributed by atoms with Crippen molar-refractivity contribution in [2.75, 3.05) is 6.26 Å². The van der Waals surface area contributed by atoms with Gasteiger partial charge in [0.05, 0.1) is 19.4 Å². The van der Waals surface area contributed by atoms with Crippen LogP contribution in [0.5, 0.6) is 0 Å². The van der Waals surface area contributed by atoms with Crippen LogP contribution in [0.2, 0.25) is 0 Å². The molecule has 1 aromatic carbocycles. The molecule has 22 heavy (non-hydrogen) atoms. The Morgan fingerprint density at radius 1 is 1.18 bits per heavy atom. The summed E-state index contributed by atoms with van der Waals surface area (Å²) in [6.45, 7) is 4.79. The molecule has 0 heterocycles. The van der Waals surface area contributed by atoms with E-state index in [0.29, 0.717) is 16.2 Å². The molecule has 1 rings (SSSR count). The average molecular weight is 331 g/mol. The zero-order chi connectivity index (χ0) is 17.0. The van der Waals surface area contributed by atoms with E-state index in [9.17, 15) is 13.2 Å². The predicted octanol–water partition coefficient (Wildman–Crippen LogP) is 1.81. The van der Waals surface area contributed by atoms with E-state index in [-0.39, 0.29) is 13.2 Å². The van der Waals surface area contributed by atoms with Crippen LogP contribution in [-0.2, 0) is 32.3 Å². The Morgan fingerprint density at radius 2 is 1.68 bits per heavy atom. The molecule has 0 saturated heterocycles. The Kier molecular flexibility index (Phi) is 5.92. The molecule has 8 heteroatoms. The van der Waals surface area contributed by atoms with Crippen molar-refractivity contribution >= 4 is 16.2 Å². The average Bonchev–Trinajstić information content (AvgIpc) is 2.35. The van der Waals surface area contributed by atoms with Gasteiger partial charge in [-0.3, -0.25) is 0 Å². The number of amides is 1. The number of rotatable bonds is 5. The molecule has 1 N–H and O–H groups in total. The van der Waals surface area contributed by atoms with E-state index in [4.69, 9.17) is 9.84 Å². The Balaban J connectivity index is 2.91. The summed E-state index contributed by atoms with van der Waals surface area (Å²) in [4.78, 5) is 12.0. The number of hydrogen-bond donors (Lipinski definition) is 1. The molecule has 0 unspecified atom stereocenters. The maximum absolute atomic E-state index is 12.0. The maximum Gasteiger partial charge on any atom is 0.435 e. The van der Waals surface area contributed by atoms with Crippen molar-refractivity contribution in [3.8, 4) is 0 Å². The van der Waals surface area contributed by atoms with Crippen LogP contribution in [-0.4, -0.2) is 36.5 Å². The lowest BCUT2D eigenvalue weighted by Gasteiger charge is -2.25. The first-order valence-electron chi connectivity index (χ1n) is 6.59. The second-order valence-electron chi connectivity index (χ2n) is 5.77. The fourth-order valence-corrected chi connectivity index (χ4v) is 1.95. The summed E-state index contributed by atoms with van der Waals surface area (Å²) in [5, 5.41) is 9.64. The Labute approximate surface area is 130 Å². The number of aliphatic hydroxyl groups is 1. The van der Waals surface area contributed by atoms with Gasteiger partial charge in [-0.25, -0.2) is 4.79 Å². The van der Waals surface area contributed by atoms with E-state index in [1.165, 1.54) is 0 Å². The summed E-state index contributed by atoms with van der Waals surface area (Å²) in [6, 6.07) is 6.66. The van der Waals surface area contributed by atoms with Crippen LogP contribution >= 0.6 is 0 Å². The van der Waals surface area contributed by atoms with Gasteiger partial charge in [-0.05, 0) is 31.9 Å². The molecular formula is C14H21NO6S. The first-order valence-corrected chi connectivity index (χ1v) is 8.40. The van der Waals surface area contributed by atoms with Gasteiger partial charge in [0.25, 0.3) is 10.1 Å². The molecule has 0 bridgehead atoms. The maximum atomic E-state index is 12.0. The van der Waals surface area contributed by atoms with Crippen molar-refractivity contribution in [3.05, 3.63) is 35.4 Å². The highest BCUT2D eigenvalue weighted by atomic mass is 32.2. The number of carbonyl (C=O) groups is 1. The smallest absolute Gasteiger partial charge is 0.435 e. The molecule has 7 nitrogen and oxygen atoms in total. The molecule has 1 aromatic rings. The van der Waals surface area contributed by atoms with Crippen LogP contribution in [0.15, 0.2) is 24.3 Å². The molecule has 0 aliphatic heterocycles. The quantitative estimate of drug-likeness (QED) is 0.827. The van der Waals surface area contributed by atoms with E-state index in [2.05, 4.69) is 4.28 Å². The van der Waals surface area contributed by atoms with Crippen molar-refractivity contribution in [2.24, 2.45) is 0 Å². The molecule has 0 aliphatic rings. The van der Waals surface area contributed by atoms with Crippen molar-refractivity contribution < 1.29 is 27.3 Å². The summed E-state index contributed by atoms with van der Waals surface area (Å²) in [5.41, 5.74) is 0.556. The molecule has 1 amide bonds. The fourth-order valence-electron chi connectivity index (χ4n) is 1.51. The number of benzene rings is 1. The summed E-state index contributed by atoms with van der Waals surface area (Å²) in [5.74, 6) is 0. The van der Waals surface area contributed by atoms with E-state index in [0.717, 1.165) is 6.26 Å². The minimum absolute atomic E-state index is 0.101. The van der Waals surface area contributed by atoms with Gasteiger partial charge >= 0.3 is 6.09 Å². The number of carbonyl (C=O) groups excluding carboxylic acids is 1. The Bertz CT molecular complexity index is 603. The molecule has 0 atom stereocenters. The van der Waals surface area contributed by atoms with Crippen LogP contribution in [0.1, 0.15) is 31.9 Å². The second-order valence-corrected chi connectivity index (χ2v) is 7.33. The molecule has 0 aliphatic carbocycles. The van der Waals surface area contributed by atoms with Crippen molar-refractivity contribution in [3.63, 3.8) is 0 Å². The van der Waals surface area contributed by atoms with Crippen LogP contribution in [0.25, 0.3) is 0 Å². The van der Waals surface area contributed by atoms with Gasteiger partial charge in [-0.15, -0.1) is 4.28 Å². The van der Waals surface area contributed by atoms with E-state index in [1.54, 1.807) is 45.0 Å². The standard InChI is InChI=1S/C14H21NO6S/c1-14(2,3)20-13(17)15(21-22(4,18)19)9-11-5-7-12(10-16)8-6-11/h5-8,16H,9-10H2,1-4H3. The molecular weight excluding hydrogens is 310 g/mol. The van der Waals surface area contributed by atoms with Crippen LogP contribution < -0.4 is 0 Å². The molecule has 0 aromatic heterocycles. The second kappa shape index (κ2) is 7.08. The topological polar surface area (TPSA) is 93.1 Å². The zero-order valence-corrected chi connectivity index (χ0v) is 13.9. The van der Waals surface area contributed by atoms with Gasteiger partial charge in [0.1, 0.15) is 5.60 Å². The highest BCUT2D eigenvalue weighted by molar-refractivity contribution is 7.85. The number of hydrogen-bond acceptors (Lipinski definition) is 6. The molecule has 124 valence electrons.